The van der Waals surface area contributed by atoms with Crippen LogP contribution in [0.5, 0.6) is 0 Å². The fraction of sp³-hybridized carbons (Fsp3) is 0.364. The fourth-order valence-corrected chi connectivity index (χ4v) is 4.18. The number of para-hydroxylation sites is 1. The maximum atomic E-state index is 12.8. The number of pyridine rings is 1. The first-order valence-corrected chi connectivity index (χ1v) is 9.99. The van der Waals surface area contributed by atoms with Crippen LogP contribution < -0.4 is 5.56 Å². The molecule has 0 spiro atoms. The Kier molecular flexibility index (Phi) is 4.49. The lowest BCUT2D eigenvalue weighted by Crippen LogP contribution is -2.36. The summed E-state index contributed by atoms with van der Waals surface area (Å²) in [6.07, 6.45) is 5.80. The quantitative estimate of drug-likeness (QED) is 0.766. The number of aromatic amines is 1. The number of H-pyrrole nitrogens is 1. The summed E-state index contributed by atoms with van der Waals surface area (Å²) in [5.74, 6) is 0.678. The Labute approximate surface area is 163 Å². The van der Waals surface area contributed by atoms with E-state index in [9.17, 15) is 4.79 Å². The standard InChI is InChI=1S/C22H23N5O/c28-22-17-14-27(13-15-8-11-24-18-6-2-1-5-16(15)18)12-9-19(17)25-21(26-22)20-7-3-4-10-23-20/h1-2,5-6,8,11H,3-4,7,9-10,12-14H2,(H,25,26,28). The Morgan fingerprint density at radius 1 is 1.11 bits per heavy atom. The molecule has 0 unspecified atom stereocenters. The molecule has 28 heavy (non-hydrogen) atoms. The average molecular weight is 373 g/mol. The highest BCUT2D eigenvalue weighted by Gasteiger charge is 2.23. The Morgan fingerprint density at radius 2 is 2.04 bits per heavy atom. The van der Waals surface area contributed by atoms with E-state index in [2.05, 4.69) is 32.0 Å². The van der Waals surface area contributed by atoms with Crippen molar-refractivity contribution in [2.75, 3.05) is 13.1 Å². The first-order chi connectivity index (χ1) is 13.8. The number of aromatic nitrogens is 3. The molecule has 6 heteroatoms. The third-order valence-corrected chi connectivity index (χ3v) is 5.68. The zero-order valence-electron chi connectivity index (χ0n) is 15.8. The van der Waals surface area contributed by atoms with Gasteiger partial charge in [0.25, 0.3) is 5.56 Å². The number of benzene rings is 1. The molecule has 5 rings (SSSR count). The van der Waals surface area contributed by atoms with Gasteiger partial charge in [-0.05, 0) is 37.0 Å². The number of nitrogens with zero attached hydrogens (tertiary/aromatic N) is 4. The summed E-state index contributed by atoms with van der Waals surface area (Å²) in [5, 5.41) is 1.17. The highest BCUT2D eigenvalue weighted by Crippen LogP contribution is 2.21. The molecule has 2 aliphatic rings. The van der Waals surface area contributed by atoms with E-state index in [4.69, 9.17) is 4.98 Å². The van der Waals surface area contributed by atoms with Gasteiger partial charge in [0.1, 0.15) is 0 Å². The van der Waals surface area contributed by atoms with Crippen molar-refractivity contribution in [3.8, 4) is 0 Å². The number of hydrogen-bond donors (Lipinski definition) is 1. The lowest BCUT2D eigenvalue weighted by atomic mass is 10.0. The van der Waals surface area contributed by atoms with E-state index < -0.39 is 0 Å². The van der Waals surface area contributed by atoms with Crippen LogP contribution in [0.15, 0.2) is 46.3 Å². The van der Waals surface area contributed by atoms with E-state index in [1.54, 1.807) is 0 Å². The van der Waals surface area contributed by atoms with Crippen molar-refractivity contribution in [1.82, 2.24) is 19.9 Å². The molecule has 1 aromatic carbocycles. The molecule has 0 saturated heterocycles. The Hall–Kier alpha value is -2.86. The lowest BCUT2D eigenvalue weighted by Gasteiger charge is -2.28. The van der Waals surface area contributed by atoms with Crippen LogP contribution in [0.25, 0.3) is 10.9 Å². The van der Waals surface area contributed by atoms with Crippen molar-refractivity contribution in [3.05, 3.63) is 69.5 Å². The second-order valence-corrected chi connectivity index (χ2v) is 7.57. The summed E-state index contributed by atoms with van der Waals surface area (Å²) < 4.78 is 0. The van der Waals surface area contributed by atoms with Crippen molar-refractivity contribution >= 4 is 16.6 Å². The summed E-state index contributed by atoms with van der Waals surface area (Å²) in [5.41, 5.74) is 4.92. The third kappa shape index (κ3) is 3.24. The third-order valence-electron chi connectivity index (χ3n) is 5.68. The van der Waals surface area contributed by atoms with Gasteiger partial charge in [-0.3, -0.25) is 19.7 Å². The van der Waals surface area contributed by atoms with Crippen LogP contribution in [0.3, 0.4) is 0 Å². The van der Waals surface area contributed by atoms with E-state index in [-0.39, 0.29) is 5.56 Å². The van der Waals surface area contributed by atoms with Crippen LogP contribution >= 0.6 is 0 Å². The van der Waals surface area contributed by atoms with Crippen molar-refractivity contribution in [2.45, 2.75) is 38.8 Å². The SMILES string of the molecule is O=c1[nH]c(C2=NCCCC2)nc2c1CN(Cc1ccnc3ccccc13)CC2. The van der Waals surface area contributed by atoms with Crippen LogP contribution in [0.4, 0.5) is 0 Å². The van der Waals surface area contributed by atoms with E-state index in [1.807, 2.05) is 24.4 Å². The second-order valence-electron chi connectivity index (χ2n) is 7.57. The summed E-state index contributed by atoms with van der Waals surface area (Å²) in [6.45, 7) is 3.16. The predicted octanol–water partition coefficient (Wildman–Crippen LogP) is 2.85. The maximum Gasteiger partial charge on any atom is 0.255 e. The molecule has 0 bridgehead atoms. The number of rotatable bonds is 3. The summed E-state index contributed by atoms with van der Waals surface area (Å²) in [4.78, 5) is 31.8. The van der Waals surface area contributed by atoms with Crippen molar-refractivity contribution in [1.29, 1.82) is 0 Å². The van der Waals surface area contributed by atoms with Crippen LogP contribution in [0, 0.1) is 0 Å². The molecule has 3 aromatic rings. The zero-order chi connectivity index (χ0) is 18.9. The normalized spacial score (nSPS) is 17.4. The minimum absolute atomic E-state index is 0.0161. The summed E-state index contributed by atoms with van der Waals surface area (Å²) in [6, 6.07) is 10.3. The van der Waals surface area contributed by atoms with Crippen LogP contribution in [-0.4, -0.2) is 38.7 Å². The van der Waals surface area contributed by atoms with Crippen molar-refractivity contribution in [2.24, 2.45) is 4.99 Å². The minimum atomic E-state index is -0.0161. The molecular weight excluding hydrogens is 350 g/mol. The molecule has 0 saturated carbocycles. The van der Waals surface area contributed by atoms with E-state index in [1.165, 1.54) is 10.9 Å². The van der Waals surface area contributed by atoms with Crippen LogP contribution in [0.1, 0.15) is 41.9 Å². The molecular formula is C22H23N5O. The largest absolute Gasteiger partial charge is 0.305 e. The van der Waals surface area contributed by atoms with Gasteiger partial charge in [-0.25, -0.2) is 4.98 Å². The molecule has 6 nitrogen and oxygen atoms in total. The van der Waals surface area contributed by atoms with Crippen LogP contribution in [-0.2, 0) is 19.5 Å². The van der Waals surface area contributed by atoms with Crippen molar-refractivity contribution < 1.29 is 0 Å². The highest BCUT2D eigenvalue weighted by molar-refractivity contribution is 5.97. The van der Waals surface area contributed by atoms with Gasteiger partial charge in [-0.15, -0.1) is 0 Å². The van der Waals surface area contributed by atoms with Gasteiger partial charge in [-0.2, -0.15) is 0 Å². The molecule has 0 amide bonds. The molecule has 0 fully saturated rings. The maximum absolute atomic E-state index is 12.8. The first-order valence-electron chi connectivity index (χ1n) is 9.99. The van der Waals surface area contributed by atoms with E-state index in [0.717, 1.165) is 67.8 Å². The van der Waals surface area contributed by atoms with Gasteiger partial charge in [0, 0.05) is 44.2 Å². The topological polar surface area (TPSA) is 74.2 Å². The van der Waals surface area contributed by atoms with E-state index in [0.29, 0.717) is 12.4 Å². The summed E-state index contributed by atoms with van der Waals surface area (Å²) in [7, 11) is 0. The van der Waals surface area contributed by atoms with Gasteiger partial charge in [-0.1, -0.05) is 18.2 Å². The second kappa shape index (κ2) is 7.28. The molecule has 0 aliphatic carbocycles. The number of aliphatic imine (C=N–C) groups is 1. The Balaban J connectivity index is 1.41. The number of fused-ring (bicyclic) bond motifs is 2. The monoisotopic (exact) mass is 373 g/mol. The first kappa shape index (κ1) is 17.3. The van der Waals surface area contributed by atoms with Crippen LogP contribution in [0.2, 0.25) is 0 Å². The van der Waals surface area contributed by atoms with Gasteiger partial charge < -0.3 is 4.98 Å². The zero-order valence-corrected chi connectivity index (χ0v) is 15.8. The lowest BCUT2D eigenvalue weighted by molar-refractivity contribution is 0.242. The number of hydrogen-bond acceptors (Lipinski definition) is 5. The molecule has 142 valence electrons. The van der Waals surface area contributed by atoms with E-state index >= 15 is 0 Å². The van der Waals surface area contributed by atoms with Gasteiger partial charge in [0.15, 0.2) is 5.82 Å². The molecule has 0 atom stereocenters. The fourth-order valence-electron chi connectivity index (χ4n) is 4.18. The smallest absolute Gasteiger partial charge is 0.255 e. The molecule has 2 aromatic heterocycles. The molecule has 4 heterocycles. The molecule has 1 N–H and O–H groups in total. The molecule has 0 radical (unpaired) electrons. The minimum Gasteiger partial charge on any atom is -0.305 e. The molecule has 2 aliphatic heterocycles. The van der Waals surface area contributed by atoms with Crippen molar-refractivity contribution in [3.63, 3.8) is 0 Å². The highest BCUT2D eigenvalue weighted by atomic mass is 16.1. The average Bonchev–Trinajstić information content (AvgIpc) is 2.75. The Bertz CT molecular complexity index is 1110. The number of nitrogens with one attached hydrogen (secondary N) is 1. The van der Waals surface area contributed by atoms with Gasteiger partial charge in [0.05, 0.1) is 22.5 Å². The Morgan fingerprint density at radius 3 is 2.93 bits per heavy atom. The summed E-state index contributed by atoms with van der Waals surface area (Å²) >= 11 is 0. The predicted molar refractivity (Wildman–Crippen MR) is 110 cm³/mol. The van der Waals surface area contributed by atoms with Gasteiger partial charge >= 0.3 is 0 Å². The van der Waals surface area contributed by atoms with Gasteiger partial charge in [0.2, 0.25) is 0 Å².